The summed E-state index contributed by atoms with van der Waals surface area (Å²) in [5.74, 6) is -0.0203. The zero-order valence-electron chi connectivity index (χ0n) is 8.77. The summed E-state index contributed by atoms with van der Waals surface area (Å²) in [5, 5.41) is 2.71. The molecule has 0 saturated carbocycles. The summed E-state index contributed by atoms with van der Waals surface area (Å²) >= 11 is 4.38. The van der Waals surface area contributed by atoms with Crippen LogP contribution in [-0.2, 0) is 14.8 Å². The van der Waals surface area contributed by atoms with Crippen LogP contribution < -0.4 is 10.0 Å². The standard InChI is InChI=1S/C9H11BrN2O3S2/c10-7-2-4-9(16-7)17(14,15)11-5-6-1-3-8(13)12-6/h2,4,6,11H,1,3,5H2,(H,12,13). The first-order valence-corrected chi connectivity index (χ1v) is 8.11. The van der Waals surface area contributed by atoms with E-state index in [-0.39, 0.29) is 22.7 Å². The number of thiophene rings is 1. The molecule has 17 heavy (non-hydrogen) atoms. The van der Waals surface area contributed by atoms with Crippen molar-refractivity contribution in [3.8, 4) is 0 Å². The lowest BCUT2D eigenvalue weighted by Crippen LogP contribution is -2.38. The lowest BCUT2D eigenvalue weighted by molar-refractivity contribution is -0.119. The highest BCUT2D eigenvalue weighted by Gasteiger charge is 2.23. The number of halogens is 1. The quantitative estimate of drug-likeness (QED) is 0.862. The zero-order chi connectivity index (χ0) is 12.5. The minimum Gasteiger partial charge on any atom is -0.352 e. The third-order valence-electron chi connectivity index (χ3n) is 2.42. The number of sulfonamides is 1. The summed E-state index contributed by atoms with van der Waals surface area (Å²) in [6, 6.07) is 3.14. The molecule has 1 atom stereocenters. The Balaban J connectivity index is 1.96. The fourth-order valence-electron chi connectivity index (χ4n) is 1.55. The SMILES string of the molecule is O=C1CCC(CNS(=O)(=O)c2ccc(Br)s2)N1. The van der Waals surface area contributed by atoms with Gasteiger partial charge in [0.05, 0.1) is 3.79 Å². The van der Waals surface area contributed by atoms with Crippen LogP contribution >= 0.6 is 27.3 Å². The summed E-state index contributed by atoms with van der Waals surface area (Å²) in [7, 11) is -3.46. The molecule has 1 aliphatic heterocycles. The lowest BCUT2D eigenvalue weighted by Gasteiger charge is -2.10. The Labute approximate surface area is 112 Å². The first kappa shape index (κ1) is 13.0. The Hall–Kier alpha value is -0.440. The molecule has 0 spiro atoms. The first-order valence-electron chi connectivity index (χ1n) is 5.02. The van der Waals surface area contributed by atoms with Crippen molar-refractivity contribution in [3.63, 3.8) is 0 Å². The molecular weight excluding hydrogens is 328 g/mol. The molecule has 0 aromatic carbocycles. The molecule has 2 heterocycles. The van der Waals surface area contributed by atoms with Gasteiger partial charge in [0, 0.05) is 19.0 Å². The van der Waals surface area contributed by atoms with Crippen LogP contribution in [-0.4, -0.2) is 26.9 Å². The minimum absolute atomic E-state index is 0.0203. The summed E-state index contributed by atoms with van der Waals surface area (Å²) in [5.41, 5.74) is 0. The second-order valence-electron chi connectivity index (χ2n) is 3.71. The number of carbonyl (C=O) groups excluding carboxylic acids is 1. The highest BCUT2D eigenvalue weighted by molar-refractivity contribution is 9.11. The van der Waals surface area contributed by atoms with E-state index >= 15 is 0 Å². The van der Waals surface area contributed by atoms with Crippen molar-refractivity contribution in [2.24, 2.45) is 0 Å². The minimum atomic E-state index is -3.46. The fourth-order valence-corrected chi connectivity index (χ4v) is 4.69. The maximum absolute atomic E-state index is 11.8. The average molecular weight is 339 g/mol. The van der Waals surface area contributed by atoms with Crippen molar-refractivity contribution in [1.29, 1.82) is 0 Å². The maximum atomic E-state index is 11.8. The molecule has 2 rings (SSSR count). The van der Waals surface area contributed by atoms with Gasteiger partial charge in [-0.3, -0.25) is 4.79 Å². The number of carbonyl (C=O) groups is 1. The van der Waals surface area contributed by atoms with E-state index in [0.29, 0.717) is 12.8 Å². The van der Waals surface area contributed by atoms with Crippen LogP contribution in [0.25, 0.3) is 0 Å². The summed E-state index contributed by atoms with van der Waals surface area (Å²) < 4.78 is 27.2. The molecule has 0 aliphatic carbocycles. The molecule has 1 aromatic heterocycles. The number of rotatable bonds is 4. The maximum Gasteiger partial charge on any atom is 0.250 e. The van der Waals surface area contributed by atoms with Crippen LogP contribution in [0.15, 0.2) is 20.1 Å². The number of amides is 1. The van der Waals surface area contributed by atoms with E-state index < -0.39 is 10.0 Å². The summed E-state index contributed by atoms with van der Waals surface area (Å²) in [6.07, 6.45) is 1.15. The predicted octanol–water partition coefficient (Wildman–Crippen LogP) is 1.07. The van der Waals surface area contributed by atoms with Gasteiger partial charge in [0.2, 0.25) is 15.9 Å². The van der Waals surface area contributed by atoms with Crippen molar-refractivity contribution in [2.45, 2.75) is 23.1 Å². The Kier molecular flexibility index (Phi) is 3.86. The van der Waals surface area contributed by atoms with Crippen molar-refractivity contribution >= 4 is 43.2 Å². The van der Waals surface area contributed by atoms with Crippen LogP contribution in [0.5, 0.6) is 0 Å². The highest BCUT2D eigenvalue weighted by Crippen LogP contribution is 2.25. The molecule has 1 unspecified atom stereocenters. The van der Waals surface area contributed by atoms with E-state index in [4.69, 9.17) is 0 Å². The van der Waals surface area contributed by atoms with Crippen LogP contribution in [0.1, 0.15) is 12.8 Å². The van der Waals surface area contributed by atoms with Gasteiger partial charge in [-0.05, 0) is 34.5 Å². The monoisotopic (exact) mass is 338 g/mol. The van der Waals surface area contributed by atoms with E-state index in [1.54, 1.807) is 12.1 Å². The van der Waals surface area contributed by atoms with Crippen LogP contribution in [0.2, 0.25) is 0 Å². The Bertz CT molecular complexity index is 526. The van der Waals surface area contributed by atoms with Crippen molar-refractivity contribution in [3.05, 3.63) is 15.9 Å². The average Bonchev–Trinajstić information content (AvgIpc) is 2.85. The van der Waals surface area contributed by atoms with E-state index in [1.807, 2.05) is 0 Å². The fraction of sp³-hybridized carbons (Fsp3) is 0.444. The van der Waals surface area contributed by atoms with Gasteiger partial charge in [0.15, 0.2) is 0 Å². The number of hydrogen-bond donors (Lipinski definition) is 2. The van der Waals surface area contributed by atoms with E-state index in [2.05, 4.69) is 26.0 Å². The van der Waals surface area contributed by atoms with Gasteiger partial charge in [0.25, 0.3) is 0 Å². The van der Waals surface area contributed by atoms with Gasteiger partial charge in [-0.1, -0.05) is 0 Å². The van der Waals surface area contributed by atoms with E-state index in [0.717, 1.165) is 15.1 Å². The van der Waals surface area contributed by atoms with Crippen molar-refractivity contribution in [2.75, 3.05) is 6.54 Å². The first-order chi connectivity index (χ1) is 7.97. The van der Waals surface area contributed by atoms with Gasteiger partial charge in [-0.15, -0.1) is 11.3 Å². The Morgan fingerprint density at radius 1 is 1.53 bits per heavy atom. The van der Waals surface area contributed by atoms with Gasteiger partial charge < -0.3 is 5.32 Å². The van der Waals surface area contributed by atoms with Gasteiger partial charge in [-0.25, -0.2) is 13.1 Å². The summed E-state index contributed by atoms with van der Waals surface area (Å²) in [4.78, 5) is 11.0. The van der Waals surface area contributed by atoms with E-state index in [1.165, 1.54) is 0 Å². The molecule has 5 nitrogen and oxygen atoms in total. The second-order valence-corrected chi connectivity index (χ2v) is 8.17. The van der Waals surface area contributed by atoms with E-state index in [9.17, 15) is 13.2 Å². The van der Waals surface area contributed by atoms with Crippen LogP contribution in [0.3, 0.4) is 0 Å². The molecular formula is C9H11BrN2O3S2. The smallest absolute Gasteiger partial charge is 0.250 e. The van der Waals surface area contributed by atoms with Gasteiger partial charge >= 0.3 is 0 Å². The molecule has 94 valence electrons. The molecule has 0 bridgehead atoms. The second kappa shape index (κ2) is 5.05. The molecule has 1 aliphatic rings. The number of hydrogen-bond acceptors (Lipinski definition) is 4. The molecule has 2 N–H and O–H groups in total. The normalized spacial score (nSPS) is 20.5. The Morgan fingerprint density at radius 3 is 2.82 bits per heavy atom. The largest absolute Gasteiger partial charge is 0.352 e. The molecule has 8 heteroatoms. The zero-order valence-corrected chi connectivity index (χ0v) is 12.0. The highest BCUT2D eigenvalue weighted by atomic mass is 79.9. The summed E-state index contributed by atoms with van der Waals surface area (Å²) in [6.45, 7) is 0.240. The predicted molar refractivity (Wildman–Crippen MR) is 68.4 cm³/mol. The lowest BCUT2D eigenvalue weighted by atomic mass is 10.2. The van der Waals surface area contributed by atoms with Crippen LogP contribution in [0, 0.1) is 0 Å². The van der Waals surface area contributed by atoms with Gasteiger partial charge in [0.1, 0.15) is 4.21 Å². The molecule has 1 amide bonds. The third-order valence-corrected chi connectivity index (χ3v) is 5.96. The topological polar surface area (TPSA) is 75.3 Å². The van der Waals surface area contributed by atoms with Crippen molar-refractivity contribution in [1.82, 2.24) is 10.0 Å². The third kappa shape index (κ3) is 3.27. The van der Waals surface area contributed by atoms with Crippen LogP contribution in [0.4, 0.5) is 0 Å². The molecule has 0 radical (unpaired) electrons. The molecule has 1 fully saturated rings. The van der Waals surface area contributed by atoms with Gasteiger partial charge in [-0.2, -0.15) is 0 Å². The number of nitrogens with one attached hydrogen (secondary N) is 2. The molecule has 1 aromatic rings. The molecule has 1 saturated heterocycles. The Morgan fingerprint density at radius 2 is 2.29 bits per heavy atom. The van der Waals surface area contributed by atoms with Crippen molar-refractivity contribution < 1.29 is 13.2 Å².